The molecule has 1 heterocycles. The highest BCUT2D eigenvalue weighted by Gasteiger charge is 2.43. The number of hydrogen-bond donors (Lipinski definition) is 3. The summed E-state index contributed by atoms with van der Waals surface area (Å²) in [5.41, 5.74) is 0. The molecule has 0 radical (unpaired) electrons. The summed E-state index contributed by atoms with van der Waals surface area (Å²) in [7, 11) is -4.33. The predicted molar refractivity (Wildman–Crippen MR) is 141 cm³/mol. The fourth-order valence-electron chi connectivity index (χ4n) is 5.10. The van der Waals surface area contributed by atoms with Crippen LogP contribution in [-0.4, -0.2) is 83.9 Å². The molecule has 206 valence electrons. The summed E-state index contributed by atoms with van der Waals surface area (Å²) in [5, 5.41) is 19.7. The first-order valence-electron chi connectivity index (χ1n) is 13.9. The molecule has 0 saturated heterocycles. The molecule has 0 aromatic carbocycles. The number of quaternary nitrogens is 1. The first-order valence-corrected chi connectivity index (χ1v) is 15.5. The van der Waals surface area contributed by atoms with Crippen molar-refractivity contribution in [3.05, 3.63) is 0 Å². The van der Waals surface area contributed by atoms with Crippen LogP contribution in [-0.2, 0) is 14.9 Å². The Balaban J connectivity index is 2.20. The second-order valence-corrected chi connectivity index (χ2v) is 11.7. The van der Waals surface area contributed by atoms with E-state index in [9.17, 15) is 23.4 Å². The number of amidine groups is 1. The minimum Gasteiger partial charge on any atom is -0.390 e. The molecule has 0 aromatic rings. The van der Waals surface area contributed by atoms with E-state index >= 15 is 0 Å². The zero-order chi connectivity index (χ0) is 26.0. The zero-order valence-electron chi connectivity index (χ0n) is 22.0. The lowest BCUT2D eigenvalue weighted by atomic mass is 10.0. The topological polar surface area (TPSA) is 124 Å². The van der Waals surface area contributed by atoms with Crippen LogP contribution >= 0.6 is 0 Å². The molecule has 0 spiro atoms. The van der Waals surface area contributed by atoms with Gasteiger partial charge in [0, 0.05) is 6.42 Å². The highest BCUT2D eigenvalue weighted by Crippen LogP contribution is 2.20. The van der Waals surface area contributed by atoms with Crippen LogP contribution < -0.4 is 0 Å². The normalized spacial score (nSPS) is 19.1. The molecule has 1 aliphatic rings. The number of carbonyl (C=O) groups is 1. The summed E-state index contributed by atoms with van der Waals surface area (Å²) in [5.74, 6) is -0.567. The third kappa shape index (κ3) is 14.5. The second-order valence-electron chi connectivity index (χ2n) is 10.2. The lowest BCUT2D eigenvalue weighted by molar-refractivity contribution is -0.837. The average molecular weight is 520 g/mol. The van der Waals surface area contributed by atoms with E-state index in [1.807, 2.05) is 0 Å². The van der Waals surface area contributed by atoms with Gasteiger partial charge in [0.05, 0.1) is 13.2 Å². The Labute approximate surface area is 213 Å². The van der Waals surface area contributed by atoms with Gasteiger partial charge in [-0.05, 0) is 6.42 Å². The van der Waals surface area contributed by atoms with Gasteiger partial charge in [-0.2, -0.15) is 8.42 Å². The van der Waals surface area contributed by atoms with E-state index in [0.717, 1.165) is 19.3 Å². The molecule has 2 atom stereocenters. The standard InChI is InChI=1S/C26H50N2O6S/c1-2-3-4-5-6-7-8-9-10-11-12-13-14-15-16-17-25(31)26-27-18-19-28(26,20-21-29)22-24(30)23-35(32,33)34/h24,29-30H,2-23H2,1H3/p+1. The summed E-state index contributed by atoms with van der Waals surface area (Å²) >= 11 is 0. The van der Waals surface area contributed by atoms with Crippen molar-refractivity contribution in [2.75, 3.05) is 38.5 Å². The molecule has 8 nitrogen and oxygen atoms in total. The van der Waals surface area contributed by atoms with E-state index in [0.29, 0.717) is 25.3 Å². The van der Waals surface area contributed by atoms with Crippen LogP contribution in [0.2, 0.25) is 0 Å². The van der Waals surface area contributed by atoms with Crippen molar-refractivity contribution in [3.63, 3.8) is 0 Å². The summed E-state index contributed by atoms with van der Waals surface area (Å²) in [6.45, 7) is 3.00. The molecule has 0 amide bonds. The maximum Gasteiger partial charge on any atom is 0.267 e. The Morgan fingerprint density at radius 3 is 1.86 bits per heavy atom. The van der Waals surface area contributed by atoms with E-state index in [1.165, 1.54) is 77.0 Å². The van der Waals surface area contributed by atoms with Crippen molar-refractivity contribution >= 4 is 21.7 Å². The molecular weight excluding hydrogens is 468 g/mol. The molecule has 1 rings (SSSR count). The van der Waals surface area contributed by atoms with Gasteiger partial charge in [0.1, 0.15) is 31.5 Å². The fraction of sp³-hybridized carbons (Fsp3) is 0.923. The number of aliphatic hydroxyl groups is 2. The number of nitrogens with zero attached hydrogens (tertiary/aromatic N) is 2. The van der Waals surface area contributed by atoms with Crippen LogP contribution in [0.15, 0.2) is 4.99 Å². The van der Waals surface area contributed by atoms with Gasteiger partial charge in [-0.15, -0.1) is 0 Å². The molecule has 9 heteroatoms. The minimum absolute atomic E-state index is 0.0231. The highest BCUT2D eigenvalue weighted by molar-refractivity contribution is 7.85. The van der Waals surface area contributed by atoms with E-state index < -0.39 is 22.0 Å². The van der Waals surface area contributed by atoms with Gasteiger partial charge >= 0.3 is 0 Å². The Hall–Kier alpha value is -0.870. The molecule has 2 unspecified atom stereocenters. The third-order valence-electron chi connectivity index (χ3n) is 6.99. The molecule has 0 bridgehead atoms. The van der Waals surface area contributed by atoms with E-state index in [-0.39, 0.29) is 30.0 Å². The molecule has 35 heavy (non-hydrogen) atoms. The molecule has 0 fully saturated rings. The minimum atomic E-state index is -4.33. The number of aliphatic imine (C=N–C) groups is 1. The predicted octanol–water partition coefficient (Wildman–Crippen LogP) is 4.29. The van der Waals surface area contributed by atoms with Gasteiger partial charge < -0.3 is 10.2 Å². The number of ketones is 1. The van der Waals surface area contributed by atoms with Gasteiger partial charge in [0.25, 0.3) is 16.0 Å². The van der Waals surface area contributed by atoms with E-state index in [4.69, 9.17) is 4.55 Å². The van der Waals surface area contributed by atoms with Gasteiger partial charge in [-0.3, -0.25) is 13.8 Å². The van der Waals surface area contributed by atoms with Crippen LogP contribution in [0, 0.1) is 0 Å². The van der Waals surface area contributed by atoms with Crippen molar-refractivity contribution in [2.24, 2.45) is 4.99 Å². The summed E-state index contributed by atoms with van der Waals surface area (Å²) in [4.78, 5) is 17.2. The molecule has 0 saturated carbocycles. The van der Waals surface area contributed by atoms with Crippen molar-refractivity contribution in [1.29, 1.82) is 0 Å². The van der Waals surface area contributed by atoms with Crippen molar-refractivity contribution in [3.8, 4) is 0 Å². The molecule has 0 aromatic heterocycles. The summed E-state index contributed by atoms with van der Waals surface area (Å²) in [6.07, 6.45) is 17.9. The quantitative estimate of drug-likeness (QED) is 0.105. The van der Waals surface area contributed by atoms with Crippen LogP contribution in [0.3, 0.4) is 0 Å². The zero-order valence-corrected chi connectivity index (χ0v) is 22.8. The van der Waals surface area contributed by atoms with Gasteiger partial charge in [-0.25, -0.2) is 4.99 Å². The van der Waals surface area contributed by atoms with Gasteiger partial charge in [0.2, 0.25) is 5.78 Å². The third-order valence-corrected chi connectivity index (χ3v) is 7.79. The van der Waals surface area contributed by atoms with E-state index in [2.05, 4.69) is 11.9 Å². The Morgan fingerprint density at radius 2 is 1.40 bits per heavy atom. The Morgan fingerprint density at radius 1 is 0.914 bits per heavy atom. The highest BCUT2D eigenvalue weighted by atomic mass is 32.2. The number of hydrogen-bond acceptors (Lipinski definition) is 6. The smallest absolute Gasteiger partial charge is 0.267 e. The SMILES string of the molecule is CCCCCCCCCCCCCCCCCC(=O)C1=NCC[N+]1(CCO)CC(O)CS(=O)(=O)O. The monoisotopic (exact) mass is 519 g/mol. The van der Waals surface area contributed by atoms with Gasteiger partial charge in [-0.1, -0.05) is 96.8 Å². The van der Waals surface area contributed by atoms with Crippen LogP contribution in [0.5, 0.6) is 0 Å². The first kappa shape index (κ1) is 32.2. The number of unbranched alkanes of at least 4 members (excludes halogenated alkanes) is 14. The molecular formula is C26H51N2O6S+. The van der Waals surface area contributed by atoms with Crippen molar-refractivity contribution in [2.45, 2.75) is 116 Å². The molecule has 3 N–H and O–H groups in total. The number of Topliss-reactive ketones (excluding diaryl/α,β-unsaturated/α-hetero) is 1. The largest absolute Gasteiger partial charge is 0.390 e. The molecule has 1 aliphatic heterocycles. The lowest BCUT2D eigenvalue weighted by Crippen LogP contribution is -2.59. The molecule has 0 aliphatic carbocycles. The van der Waals surface area contributed by atoms with Crippen LogP contribution in [0.25, 0.3) is 0 Å². The lowest BCUT2D eigenvalue weighted by Gasteiger charge is -2.34. The van der Waals surface area contributed by atoms with Gasteiger partial charge in [0.15, 0.2) is 0 Å². The fourth-order valence-corrected chi connectivity index (χ4v) is 5.69. The average Bonchev–Trinajstić information content (AvgIpc) is 3.18. The Bertz CT molecular complexity index is 713. The maximum absolute atomic E-state index is 12.9. The first-order chi connectivity index (χ1) is 16.7. The summed E-state index contributed by atoms with van der Waals surface area (Å²) < 4.78 is 31.2. The maximum atomic E-state index is 12.9. The number of aliphatic hydroxyl groups excluding tert-OH is 2. The summed E-state index contributed by atoms with van der Waals surface area (Å²) in [6, 6.07) is 0. The Kier molecular flexibility index (Phi) is 16.9. The van der Waals surface area contributed by atoms with Crippen LogP contribution in [0.4, 0.5) is 0 Å². The number of carbonyl (C=O) groups excluding carboxylic acids is 1. The van der Waals surface area contributed by atoms with Crippen molar-refractivity contribution < 1.29 is 32.5 Å². The number of rotatable bonds is 23. The van der Waals surface area contributed by atoms with E-state index in [1.54, 1.807) is 0 Å². The van der Waals surface area contributed by atoms with Crippen molar-refractivity contribution in [1.82, 2.24) is 0 Å². The van der Waals surface area contributed by atoms with Crippen LogP contribution in [0.1, 0.15) is 110 Å². The second kappa shape index (κ2) is 18.4.